The summed E-state index contributed by atoms with van der Waals surface area (Å²) in [6.07, 6.45) is -0.257. The summed E-state index contributed by atoms with van der Waals surface area (Å²) in [7, 11) is 0. The van der Waals surface area contributed by atoms with Gasteiger partial charge in [0, 0.05) is 18.0 Å². The van der Waals surface area contributed by atoms with Crippen LogP contribution in [0.1, 0.15) is 55.4 Å². The van der Waals surface area contributed by atoms with Crippen molar-refractivity contribution in [3.63, 3.8) is 0 Å². The second kappa shape index (κ2) is 5.50. The second-order valence-corrected chi connectivity index (χ2v) is 7.15. The summed E-state index contributed by atoms with van der Waals surface area (Å²) in [4.78, 5) is 0. The van der Waals surface area contributed by atoms with Crippen LogP contribution in [0.5, 0.6) is 0 Å². The van der Waals surface area contributed by atoms with Gasteiger partial charge >= 0.3 is 0 Å². The number of nitrogens with one attached hydrogen (secondary N) is 1. The minimum atomic E-state index is -0.257. The van der Waals surface area contributed by atoms with Crippen LogP contribution < -0.4 is 5.32 Å². The molecule has 0 saturated heterocycles. The minimum absolute atomic E-state index is 0.0757. The van der Waals surface area contributed by atoms with Gasteiger partial charge in [0.2, 0.25) is 0 Å². The third-order valence-electron chi connectivity index (χ3n) is 3.60. The summed E-state index contributed by atoms with van der Waals surface area (Å²) in [5.41, 5.74) is 0.187. The summed E-state index contributed by atoms with van der Waals surface area (Å²) in [5, 5.41) is 13.7. The molecule has 2 N–H and O–H groups in total. The molecule has 2 heteroatoms. The van der Waals surface area contributed by atoms with Crippen LogP contribution in [0.3, 0.4) is 0 Å². The molecule has 0 aromatic carbocycles. The van der Waals surface area contributed by atoms with Crippen molar-refractivity contribution >= 4 is 0 Å². The summed E-state index contributed by atoms with van der Waals surface area (Å²) in [6.45, 7) is 18.1. The highest BCUT2D eigenvalue weighted by Gasteiger charge is 2.31. The van der Waals surface area contributed by atoms with Gasteiger partial charge in [-0.25, -0.2) is 0 Å². The monoisotopic (exact) mass is 229 g/mol. The van der Waals surface area contributed by atoms with Gasteiger partial charge in [-0.05, 0) is 18.3 Å². The predicted octanol–water partition coefficient (Wildman–Crippen LogP) is 3.05. The Morgan fingerprint density at radius 3 is 1.75 bits per heavy atom. The van der Waals surface area contributed by atoms with Crippen molar-refractivity contribution in [3.8, 4) is 0 Å². The zero-order valence-corrected chi connectivity index (χ0v) is 12.4. The van der Waals surface area contributed by atoms with Gasteiger partial charge in [0.05, 0.1) is 6.10 Å². The molecule has 0 aliphatic carbocycles. The van der Waals surface area contributed by atoms with E-state index in [0.717, 1.165) is 6.54 Å². The molecule has 0 amide bonds. The molecule has 0 heterocycles. The van der Waals surface area contributed by atoms with E-state index in [9.17, 15) is 5.11 Å². The zero-order valence-electron chi connectivity index (χ0n) is 12.4. The summed E-state index contributed by atoms with van der Waals surface area (Å²) in [5.74, 6) is 0.307. The van der Waals surface area contributed by atoms with Gasteiger partial charge in [-0.15, -0.1) is 0 Å². The van der Waals surface area contributed by atoms with E-state index in [0.29, 0.717) is 12.0 Å². The van der Waals surface area contributed by atoms with Crippen molar-refractivity contribution in [1.29, 1.82) is 0 Å². The smallest absolute Gasteiger partial charge is 0.0626 e. The number of aliphatic hydroxyl groups is 1. The normalized spacial score (nSPS) is 17.6. The molecule has 0 aromatic rings. The zero-order chi connectivity index (χ0) is 13.1. The Balaban J connectivity index is 4.29. The van der Waals surface area contributed by atoms with Gasteiger partial charge in [0.1, 0.15) is 0 Å². The molecule has 16 heavy (non-hydrogen) atoms. The lowest BCUT2D eigenvalue weighted by molar-refractivity contribution is 0.0103. The first kappa shape index (κ1) is 15.9. The Kier molecular flexibility index (Phi) is 5.48. The highest BCUT2D eigenvalue weighted by molar-refractivity contribution is 4.85. The SMILES string of the molecule is CC(C)C(O)C(C)(C)CNC(C)C(C)(C)C. The second-order valence-electron chi connectivity index (χ2n) is 7.15. The molecular weight excluding hydrogens is 198 g/mol. The molecule has 0 saturated carbocycles. The van der Waals surface area contributed by atoms with Gasteiger partial charge in [-0.2, -0.15) is 0 Å². The van der Waals surface area contributed by atoms with Crippen LogP contribution in [0.25, 0.3) is 0 Å². The Morgan fingerprint density at radius 1 is 1.00 bits per heavy atom. The first-order valence-corrected chi connectivity index (χ1v) is 6.40. The van der Waals surface area contributed by atoms with Crippen molar-refractivity contribution in [2.24, 2.45) is 16.7 Å². The van der Waals surface area contributed by atoms with Gasteiger partial charge in [-0.3, -0.25) is 0 Å². The van der Waals surface area contributed by atoms with Crippen LogP contribution in [0.15, 0.2) is 0 Å². The van der Waals surface area contributed by atoms with Gasteiger partial charge in [0.25, 0.3) is 0 Å². The Hall–Kier alpha value is -0.0800. The van der Waals surface area contributed by atoms with E-state index in [4.69, 9.17) is 0 Å². The third-order valence-corrected chi connectivity index (χ3v) is 3.60. The molecule has 0 aliphatic heterocycles. The molecule has 0 bridgehead atoms. The quantitative estimate of drug-likeness (QED) is 0.759. The molecule has 0 aromatic heterocycles. The average Bonchev–Trinajstić information content (AvgIpc) is 2.11. The summed E-state index contributed by atoms with van der Waals surface area (Å²) in [6, 6.07) is 0.450. The number of aliphatic hydroxyl groups excluding tert-OH is 1. The van der Waals surface area contributed by atoms with Crippen molar-refractivity contribution in [1.82, 2.24) is 5.32 Å². The van der Waals surface area contributed by atoms with Crippen molar-refractivity contribution in [3.05, 3.63) is 0 Å². The van der Waals surface area contributed by atoms with E-state index >= 15 is 0 Å². The third kappa shape index (κ3) is 4.84. The van der Waals surface area contributed by atoms with Crippen LogP contribution in [0.2, 0.25) is 0 Å². The van der Waals surface area contributed by atoms with Gasteiger partial charge in [-0.1, -0.05) is 48.5 Å². The van der Waals surface area contributed by atoms with E-state index in [-0.39, 0.29) is 16.9 Å². The van der Waals surface area contributed by atoms with Crippen LogP contribution in [0.4, 0.5) is 0 Å². The maximum absolute atomic E-state index is 10.1. The lowest BCUT2D eigenvalue weighted by Crippen LogP contribution is -2.47. The first-order valence-electron chi connectivity index (χ1n) is 6.40. The van der Waals surface area contributed by atoms with Gasteiger partial charge in [0.15, 0.2) is 0 Å². The van der Waals surface area contributed by atoms with Crippen LogP contribution >= 0.6 is 0 Å². The molecule has 0 aliphatic rings. The fourth-order valence-corrected chi connectivity index (χ4v) is 1.73. The van der Waals surface area contributed by atoms with Crippen molar-refractivity contribution in [2.75, 3.05) is 6.54 Å². The predicted molar refractivity (Wildman–Crippen MR) is 71.5 cm³/mol. The molecule has 0 fully saturated rings. The van der Waals surface area contributed by atoms with Crippen molar-refractivity contribution < 1.29 is 5.11 Å². The van der Waals surface area contributed by atoms with E-state index < -0.39 is 0 Å². The fraction of sp³-hybridized carbons (Fsp3) is 1.00. The number of hydrogen-bond acceptors (Lipinski definition) is 2. The van der Waals surface area contributed by atoms with E-state index in [1.165, 1.54) is 0 Å². The Bertz CT molecular complexity index is 203. The Labute approximate surface area is 102 Å². The molecule has 98 valence electrons. The van der Waals surface area contributed by atoms with E-state index in [1.54, 1.807) is 0 Å². The molecule has 0 radical (unpaired) electrons. The standard InChI is InChI=1S/C14H31NO/c1-10(2)12(16)14(7,8)9-15-11(3)13(4,5)6/h10-12,15-16H,9H2,1-8H3. The average molecular weight is 229 g/mol. The molecule has 0 spiro atoms. The highest BCUT2D eigenvalue weighted by Crippen LogP contribution is 2.26. The van der Waals surface area contributed by atoms with E-state index in [2.05, 4.69) is 60.7 Å². The molecule has 2 nitrogen and oxygen atoms in total. The molecule has 2 unspecified atom stereocenters. The highest BCUT2D eigenvalue weighted by atomic mass is 16.3. The van der Waals surface area contributed by atoms with Crippen LogP contribution in [-0.2, 0) is 0 Å². The maximum Gasteiger partial charge on any atom is 0.0626 e. The van der Waals surface area contributed by atoms with E-state index in [1.807, 2.05) is 0 Å². The molecule has 2 atom stereocenters. The minimum Gasteiger partial charge on any atom is -0.392 e. The lowest BCUT2D eigenvalue weighted by atomic mass is 9.79. The summed E-state index contributed by atoms with van der Waals surface area (Å²) < 4.78 is 0. The summed E-state index contributed by atoms with van der Waals surface area (Å²) >= 11 is 0. The van der Waals surface area contributed by atoms with Crippen molar-refractivity contribution in [2.45, 2.75) is 67.5 Å². The van der Waals surface area contributed by atoms with Gasteiger partial charge < -0.3 is 10.4 Å². The number of hydrogen-bond donors (Lipinski definition) is 2. The Morgan fingerprint density at radius 2 is 1.44 bits per heavy atom. The van der Waals surface area contributed by atoms with Crippen LogP contribution in [-0.4, -0.2) is 23.8 Å². The maximum atomic E-state index is 10.1. The molecule has 0 rings (SSSR count). The largest absolute Gasteiger partial charge is 0.392 e. The fourth-order valence-electron chi connectivity index (χ4n) is 1.73. The molecular formula is C14H31NO. The lowest BCUT2D eigenvalue weighted by Gasteiger charge is -2.37. The number of rotatable bonds is 5. The topological polar surface area (TPSA) is 32.3 Å². The first-order chi connectivity index (χ1) is 6.98. The van der Waals surface area contributed by atoms with Crippen LogP contribution in [0, 0.1) is 16.7 Å².